The Bertz CT molecular complexity index is 55.5. The summed E-state index contributed by atoms with van der Waals surface area (Å²) in [5.74, 6) is 0. The maximum absolute atomic E-state index is 9.79. The molecule has 0 amide bonds. The zero-order chi connectivity index (χ0) is 4.99. The van der Waals surface area contributed by atoms with Gasteiger partial charge in [-0.15, -0.1) is 0 Å². The molecule has 0 aliphatic heterocycles. The molecule has 0 heterocycles. The maximum atomic E-state index is 9.79. The number of carbonyl (C=O) groups is 1. The normalized spacial score (nSPS) is 7.33. The van der Waals surface area contributed by atoms with Gasteiger partial charge in [-0.25, -0.2) is 0 Å². The number of hydrogen-bond donors (Lipinski definition) is 0. The van der Waals surface area contributed by atoms with Crippen molar-refractivity contribution in [1.82, 2.24) is 0 Å². The molecule has 4 heteroatoms. The van der Waals surface area contributed by atoms with Crippen molar-refractivity contribution in [2.45, 2.75) is 0 Å². The van der Waals surface area contributed by atoms with E-state index in [-0.39, 0.29) is 8.85 Å². The molecule has 0 saturated carbocycles. The predicted molar refractivity (Wildman–Crippen MR) is 17.2 cm³/mol. The SMILES string of the molecule is O=[C]([Y])OCCl. The number of ether oxygens (including phenoxy) is 1. The van der Waals surface area contributed by atoms with Crippen LogP contribution in [0.15, 0.2) is 0 Å². The first-order valence-electron chi connectivity index (χ1n) is 1.25. The predicted octanol–water partition coefficient (Wildman–Crippen LogP) is 0.866. The van der Waals surface area contributed by atoms with Crippen molar-refractivity contribution in [3.63, 3.8) is 0 Å². The molecule has 0 aliphatic rings. The fourth-order valence-electron chi connectivity index (χ4n) is 0.0538. The second kappa shape index (κ2) is 4.03. The zero-order valence-electron chi connectivity index (χ0n) is 2.98. The van der Waals surface area contributed by atoms with Crippen LogP contribution < -0.4 is 0 Å². The van der Waals surface area contributed by atoms with E-state index in [9.17, 15) is 4.79 Å². The van der Waals surface area contributed by atoms with Gasteiger partial charge in [0.05, 0.1) is 0 Å². The van der Waals surface area contributed by atoms with Gasteiger partial charge in [-0.3, -0.25) is 0 Å². The van der Waals surface area contributed by atoms with E-state index in [0.717, 1.165) is 0 Å². The summed E-state index contributed by atoms with van der Waals surface area (Å²) in [5.41, 5.74) is 0. The van der Waals surface area contributed by atoms with Crippen LogP contribution in [0, 0.1) is 0 Å². The van der Waals surface area contributed by atoms with Crippen molar-refractivity contribution in [2.24, 2.45) is 0 Å². The van der Waals surface area contributed by atoms with Gasteiger partial charge >= 0.3 is 60.9 Å². The molecule has 0 aromatic rings. The van der Waals surface area contributed by atoms with E-state index < -0.39 is 0 Å². The Morgan fingerprint density at radius 1 is 2.00 bits per heavy atom. The molecule has 0 bridgehead atoms. The third kappa shape index (κ3) is 4.86. The first-order chi connectivity index (χ1) is 2.77. The Labute approximate surface area is 60.6 Å². The topological polar surface area (TPSA) is 26.3 Å². The van der Waals surface area contributed by atoms with Crippen molar-refractivity contribution in [1.29, 1.82) is 0 Å². The summed E-state index contributed by atoms with van der Waals surface area (Å²) in [6.07, 6.45) is 0. The second-order valence-electron chi connectivity index (χ2n) is 0.572. The van der Waals surface area contributed by atoms with E-state index in [4.69, 9.17) is 11.6 Å². The fourth-order valence-corrected chi connectivity index (χ4v) is 0.626. The zero-order valence-corrected chi connectivity index (χ0v) is 6.57. The standard InChI is InChI=1S/C2H2ClO2.Y/c3-1-5-2-4;/h1H2;. The van der Waals surface area contributed by atoms with E-state index in [0.29, 0.717) is 31.0 Å². The van der Waals surface area contributed by atoms with Crippen LogP contribution in [0.3, 0.4) is 0 Å². The molecule has 0 atom stereocenters. The molecule has 0 aromatic carbocycles. The number of alkyl halides is 1. The van der Waals surface area contributed by atoms with Gasteiger partial charge in [0.2, 0.25) is 0 Å². The van der Waals surface area contributed by atoms with Gasteiger partial charge < -0.3 is 0 Å². The van der Waals surface area contributed by atoms with Crippen LogP contribution >= 0.6 is 11.6 Å². The average Bonchev–Trinajstić information content (AvgIpc) is 1.35. The minimum atomic E-state index is -0.213. The van der Waals surface area contributed by atoms with Gasteiger partial charge in [0.25, 0.3) is 0 Å². The summed E-state index contributed by atoms with van der Waals surface area (Å²) < 4.78 is 4.01. The van der Waals surface area contributed by atoms with Gasteiger partial charge in [-0.2, -0.15) is 0 Å². The van der Waals surface area contributed by atoms with Crippen molar-refractivity contribution in [3.05, 3.63) is 0 Å². The van der Waals surface area contributed by atoms with E-state index in [1.54, 1.807) is 0 Å². The minimum absolute atomic E-state index is 0.0138. The van der Waals surface area contributed by atoms with Gasteiger partial charge in [-0.1, -0.05) is 0 Å². The van der Waals surface area contributed by atoms with Crippen molar-refractivity contribution < 1.29 is 40.5 Å². The molecule has 0 N–H and O–H groups in total. The molecular formula is C2H2ClO2Y. The summed E-state index contributed by atoms with van der Waals surface area (Å²) in [7, 11) is 0. The van der Waals surface area contributed by atoms with Crippen molar-refractivity contribution >= 4 is 14.4 Å². The van der Waals surface area contributed by atoms with Crippen LogP contribution in [0.1, 0.15) is 0 Å². The third-order valence-electron chi connectivity index (χ3n) is 0.197. The van der Waals surface area contributed by atoms with Crippen molar-refractivity contribution in [2.75, 3.05) is 6.07 Å². The quantitative estimate of drug-likeness (QED) is 0.563. The van der Waals surface area contributed by atoms with Crippen molar-refractivity contribution in [3.8, 4) is 0 Å². The molecule has 0 unspecified atom stereocenters. The Balaban J connectivity index is 2.83. The summed E-state index contributed by atoms with van der Waals surface area (Å²) in [6.45, 7) is 0. The van der Waals surface area contributed by atoms with Crippen LogP contribution in [0.2, 0.25) is 0 Å². The summed E-state index contributed by atoms with van der Waals surface area (Å²) >= 11 is 5.46. The van der Waals surface area contributed by atoms with Crippen LogP contribution in [-0.2, 0) is 35.7 Å². The van der Waals surface area contributed by atoms with E-state index in [1.165, 1.54) is 0 Å². The first kappa shape index (κ1) is 6.86. The molecule has 6 heavy (non-hydrogen) atoms. The molecule has 0 aromatic heterocycles. The Kier molecular flexibility index (Phi) is 4.62. The summed E-state index contributed by atoms with van der Waals surface area (Å²) in [5, 5.41) is 0. The van der Waals surface area contributed by atoms with Crippen LogP contribution in [0.4, 0.5) is 4.79 Å². The molecule has 0 fully saturated rings. The fraction of sp³-hybridized carbons (Fsp3) is 0.500. The molecule has 0 aliphatic carbocycles. The van der Waals surface area contributed by atoms with Crippen LogP contribution in [-0.4, -0.2) is 8.85 Å². The van der Waals surface area contributed by atoms with Gasteiger partial charge in [0.1, 0.15) is 0 Å². The second-order valence-corrected chi connectivity index (χ2v) is 1.95. The van der Waals surface area contributed by atoms with E-state index in [2.05, 4.69) is 4.74 Å². The van der Waals surface area contributed by atoms with Gasteiger partial charge in [0, 0.05) is 0 Å². The molecule has 0 radical (unpaired) electrons. The van der Waals surface area contributed by atoms with Crippen LogP contribution in [0.5, 0.6) is 0 Å². The number of hydrogen-bond acceptors (Lipinski definition) is 2. The Hall–Kier alpha value is 0.864. The third-order valence-corrected chi connectivity index (χ3v) is 0.716. The number of halogens is 1. The average molecular weight is 182 g/mol. The van der Waals surface area contributed by atoms with E-state index >= 15 is 0 Å². The van der Waals surface area contributed by atoms with E-state index in [1.807, 2.05) is 0 Å². The summed E-state index contributed by atoms with van der Waals surface area (Å²) in [6, 6.07) is -0.0138. The van der Waals surface area contributed by atoms with Gasteiger partial charge in [0.15, 0.2) is 0 Å². The molecule has 0 spiro atoms. The molecule has 0 saturated heterocycles. The monoisotopic (exact) mass is 182 g/mol. The molecule has 0 rings (SSSR count). The molecular weight excluding hydrogens is 180 g/mol. The Morgan fingerprint density at radius 2 is 2.50 bits per heavy atom. The first-order valence-corrected chi connectivity index (χ1v) is 3.21. The van der Waals surface area contributed by atoms with Gasteiger partial charge in [-0.05, 0) is 0 Å². The number of rotatable bonds is 1. The van der Waals surface area contributed by atoms with Crippen LogP contribution in [0.25, 0.3) is 0 Å². The Morgan fingerprint density at radius 3 is 2.50 bits per heavy atom. The summed E-state index contributed by atoms with van der Waals surface area (Å²) in [4.78, 5) is 9.79. The number of carbonyl (C=O) groups excluding carboxylic acids is 1. The molecule has 32 valence electrons. The molecule has 2 nitrogen and oxygen atoms in total.